The number of carbonyl (C=O) groups is 1. The van der Waals surface area contributed by atoms with Crippen LogP contribution in [0.15, 0.2) is 83.2 Å². The molecule has 0 saturated carbocycles. The number of halogens is 1. The van der Waals surface area contributed by atoms with Gasteiger partial charge in [0.15, 0.2) is 4.34 Å². The average Bonchev–Trinajstić information content (AvgIpc) is 3.21. The van der Waals surface area contributed by atoms with Crippen LogP contribution < -0.4 is 5.32 Å². The highest BCUT2D eigenvalue weighted by atomic mass is 32.2. The van der Waals surface area contributed by atoms with E-state index < -0.39 is 0 Å². The van der Waals surface area contributed by atoms with Gasteiger partial charge in [-0.2, -0.15) is 0 Å². The molecular weight excluding hydrogens is 405 g/mol. The van der Waals surface area contributed by atoms with Crippen LogP contribution in [0.25, 0.3) is 11.1 Å². The van der Waals surface area contributed by atoms with Crippen molar-refractivity contribution in [1.29, 1.82) is 0 Å². The van der Waals surface area contributed by atoms with E-state index in [4.69, 9.17) is 0 Å². The van der Waals surface area contributed by atoms with Gasteiger partial charge in [0.05, 0.1) is 0 Å². The van der Waals surface area contributed by atoms with Gasteiger partial charge < -0.3 is 0 Å². The molecule has 1 heterocycles. The Morgan fingerprint density at radius 3 is 2.48 bits per heavy atom. The lowest BCUT2D eigenvalue weighted by molar-refractivity contribution is 0.102. The molecule has 0 unspecified atom stereocenters. The van der Waals surface area contributed by atoms with Crippen molar-refractivity contribution >= 4 is 34.1 Å². The Hall–Kier alpha value is -3.03. The van der Waals surface area contributed by atoms with E-state index in [1.54, 1.807) is 24.3 Å². The Bertz CT molecular complexity index is 1130. The SMILES string of the molecule is O=C(Nc1nnc(SCc2ccccc2F)s1)c1ccccc1-c1ccccc1. The molecule has 144 valence electrons. The summed E-state index contributed by atoms with van der Waals surface area (Å²) in [6.45, 7) is 0. The number of amides is 1. The maximum Gasteiger partial charge on any atom is 0.258 e. The fourth-order valence-corrected chi connectivity index (χ4v) is 4.52. The molecule has 1 amide bonds. The summed E-state index contributed by atoms with van der Waals surface area (Å²) in [6, 6.07) is 23.8. The fraction of sp³-hybridized carbons (Fsp3) is 0.0455. The molecule has 4 rings (SSSR count). The number of hydrogen-bond donors (Lipinski definition) is 1. The number of nitrogens with one attached hydrogen (secondary N) is 1. The van der Waals surface area contributed by atoms with Gasteiger partial charge in [0.25, 0.3) is 5.91 Å². The highest BCUT2D eigenvalue weighted by Gasteiger charge is 2.15. The first-order valence-corrected chi connectivity index (χ1v) is 10.7. The van der Waals surface area contributed by atoms with Crippen molar-refractivity contribution in [1.82, 2.24) is 10.2 Å². The third-order valence-corrected chi connectivity index (χ3v) is 6.21. The second kappa shape index (κ2) is 8.98. The first-order chi connectivity index (χ1) is 14.2. The van der Waals surface area contributed by atoms with Crippen molar-refractivity contribution in [3.05, 3.63) is 95.8 Å². The van der Waals surface area contributed by atoms with E-state index in [9.17, 15) is 9.18 Å². The molecule has 1 aromatic heterocycles. The monoisotopic (exact) mass is 421 g/mol. The van der Waals surface area contributed by atoms with Crippen LogP contribution >= 0.6 is 23.1 Å². The zero-order valence-electron chi connectivity index (χ0n) is 15.2. The fourth-order valence-electron chi connectivity index (χ4n) is 2.79. The Labute approximate surface area is 175 Å². The second-order valence-electron chi connectivity index (χ2n) is 6.12. The van der Waals surface area contributed by atoms with Crippen LogP contribution in [0.1, 0.15) is 15.9 Å². The van der Waals surface area contributed by atoms with Gasteiger partial charge in [-0.05, 0) is 28.8 Å². The number of carbonyl (C=O) groups excluding carboxylic acids is 1. The minimum atomic E-state index is -0.244. The summed E-state index contributed by atoms with van der Waals surface area (Å²) in [5.41, 5.74) is 2.99. The van der Waals surface area contributed by atoms with E-state index in [2.05, 4.69) is 15.5 Å². The molecule has 0 radical (unpaired) electrons. The standard InChI is InChI=1S/C22H16FN3OS2/c23-19-13-7-4-10-16(19)14-28-22-26-25-21(29-22)24-20(27)18-12-6-5-11-17(18)15-8-2-1-3-9-15/h1-13H,14H2,(H,24,25,27). The molecule has 0 aliphatic heterocycles. The smallest absolute Gasteiger partial charge is 0.258 e. The van der Waals surface area contributed by atoms with Gasteiger partial charge in [-0.15, -0.1) is 10.2 Å². The first kappa shape index (κ1) is 19.3. The Balaban J connectivity index is 1.46. The van der Waals surface area contributed by atoms with Crippen molar-refractivity contribution < 1.29 is 9.18 Å². The minimum absolute atomic E-state index is 0.240. The molecule has 1 N–H and O–H groups in total. The molecule has 0 aliphatic rings. The zero-order chi connectivity index (χ0) is 20.1. The molecule has 0 atom stereocenters. The van der Waals surface area contributed by atoms with Crippen molar-refractivity contribution in [3.8, 4) is 11.1 Å². The largest absolute Gasteiger partial charge is 0.296 e. The summed E-state index contributed by atoms with van der Waals surface area (Å²) in [7, 11) is 0. The number of benzene rings is 3. The Morgan fingerprint density at radius 1 is 0.931 bits per heavy atom. The molecular formula is C22H16FN3OS2. The quantitative estimate of drug-likeness (QED) is 0.312. The maximum absolute atomic E-state index is 13.7. The third-order valence-electron chi connectivity index (χ3n) is 4.19. The van der Waals surface area contributed by atoms with Gasteiger partial charge >= 0.3 is 0 Å². The first-order valence-electron chi connectivity index (χ1n) is 8.86. The van der Waals surface area contributed by atoms with Gasteiger partial charge in [-0.1, -0.05) is 89.8 Å². The van der Waals surface area contributed by atoms with Crippen LogP contribution in [0, 0.1) is 5.82 Å². The van der Waals surface area contributed by atoms with Crippen molar-refractivity contribution in [2.75, 3.05) is 5.32 Å². The molecule has 7 heteroatoms. The van der Waals surface area contributed by atoms with E-state index in [0.29, 0.717) is 26.4 Å². The molecule has 29 heavy (non-hydrogen) atoms. The van der Waals surface area contributed by atoms with Crippen molar-refractivity contribution in [2.24, 2.45) is 0 Å². The molecule has 4 nitrogen and oxygen atoms in total. The minimum Gasteiger partial charge on any atom is -0.296 e. The number of anilines is 1. The summed E-state index contributed by atoms with van der Waals surface area (Å²) >= 11 is 2.65. The number of aromatic nitrogens is 2. The predicted molar refractivity (Wildman–Crippen MR) is 116 cm³/mol. The third kappa shape index (κ3) is 4.70. The van der Waals surface area contributed by atoms with Gasteiger partial charge in [-0.3, -0.25) is 10.1 Å². The normalized spacial score (nSPS) is 10.7. The second-order valence-corrected chi connectivity index (χ2v) is 8.32. The molecule has 0 spiro atoms. The zero-order valence-corrected chi connectivity index (χ0v) is 16.8. The number of rotatable bonds is 6. The van der Waals surface area contributed by atoms with Gasteiger partial charge in [0, 0.05) is 11.3 Å². The van der Waals surface area contributed by atoms with E-state index >= 15 is 0 Å². The van der Waals surface area contributed by atoms with Gasteiger partial charge in [0.1, 0.15) is 5.82 Å². The Kier molecular flexibility index (Phi) is 5.97. The van der Waals surface area contributed by atoms with Gasteiger partial charge in [0.2, 0.25) is 5.13 Å². The average molecular weight is 422 g/mol. The van der Waals surface area contributed by atoms with Crippen LogP contribution in [-0.2, 0) is 5.75 Å². The summed E-state index contributed by atoms with van der Waals surface area (Å²) in [6.07, 6.45) is 0. The highest BCUT2D eigenvalue weighted by molar-refractivity contribution is 8.00. The molecule has 0 fully saturated rings. The van der Waals surface area contributed by atoms with Crippen LogP contribution in [0.4, 0.5) is 9.52 Å². The Morgan fingerprint density at radius 2 is 1.66 bits per heavy atom. The lowest BCUT2D eigenvalue weighted by Crippen LogP contribution is -2.13. The number of thioether (sulfide) groups is 1. The van der Waals surface area contributed by atoms with Crippen molar-refractivity contribution in [2.45, 2.75) is 10.1 Å². The summed E-state index contributed by atoms with van der Waals surface area (Å²) in [5, 5.41) is 11.4. The lowest BCUT2D eigenvalue weighted by Gasteiger charge is -2.08. The summed E-state index contributed by atoms with van der Waals surface area (Å²) < 4.78 is 14.4. The topological polar surface area (TPSA) is 54.9 Å². The van der Waals surface area contributed by atoms with Crippen LogP contribution in [0.5, 0.6) is 0 Å². The van der Waals surface area contributed by atoms with Crippen LogP contribution in [0.3, 0.4) is 0 Å². The predicted octanol–water partition coefficient (Wildman–Crippen LogP) is 5.89. The molecule has 0 bridgehead atoms. The molecule has 4 aromatic rings. The lowest BCUT2D eigenvalue weighted by atomic mass is 9.99. The van der Waals surface area contributed by atoms with E-state index in [-0.39, 0.29) is 11.7 Å². The molecule has 0 aliphatic carbocycles. The summed E-state index contributed by atoms with van der Waals surface area (Å²) in [4.78, 5) is 12.8. The number of nitrogens with zero attached hydrogens (tertiary/aromatic N) is 2. The van der Waals surface area contributed by atoms with E-state index in [1.165, 1.54) is 29.2 Å². The van der Waals surface area contributed by atoms with E-state index in [0.717, 1.165) is 11.1 Å². The van der Waals surface area contributed by atoms with E-state index in [1.807, 2.05) is 48.5 Å². The highest BCUT2D eigenvalue weighted by Crippen LogP contribution is 2.30. The molecule has 0 saturated heterocycles. The van der Waals surface area contributed by atoms with Crippen molar-refractivity contribution in [3.63, 3.8) is 0 Å². The van der Waals surface area contributed by atoms with Crippen LogP contribution in [-0.4, -0.2) is 16.1 Å². The summed E-state index contributed by atoms with van der Waals surface area (Å²) in [5.74, 6) is -0.0339. The number of hydrogen-bond acceptors (Lipinski definition) is 5. The maximum atomic E-state index is 13.7. The molecule has 3 aromatic carbocycles. The van der Waals surface area contributed by atoms with Gasteiger partial charge in [-0.25, -0.2) is 4.39 Å². The van der Waals surface area contributed by atoms with Crippen LogP contribution in [0.2, 0.25) is 0 Å².